The molecule has 1 amide bonds. The number of hydrogen-bond donors (Lipinski definition) is 2. The summed E-state index contributed by atoms with van der Waals surface area (Å²) >= 11 is 1.70. The lowest BCUT2D eigenvalue weighted by Gasteiger charge is -2.04. The average Bonchev–Trinajstić information content (AvgIpc) is 2.29. The standard InChI is InChI=1S/C10H15N3OS/c1-11-9-4-3-8(7-13-9)10(14)12-5-6-15-2/h3-4,7H,5-6H2,1-2H3,(H,11,13)(H,12,14). The van der Waals surface area contributed by atoms with Gasteiger partial charge < -0.3 is 10.6 Å². The van der Waals surface area contributed by atoms with Crippen molar-refractivity contribution in [1.29, 1.82) is 0 Å². The zero-order valence-corrected chi connectivity index (χ0v) is 9.73. The molecule has 0 aliphatic carbocycles. The highest BCUT2D eigenvalue weighted by molar-refractivity contribution is 7.98. The predicted octanol–water partition coefficient (Wildman–Crippen LogP) is 1.22. The van der Waals surface area contributed by atoms with Crippen molar-refractivity contribution in [2.75, 3.05) is 30.9 Å². The van der Waals surface area contributed by atoms with E-state index in [0.29, 0.717) is 12.1 Å². The second-order valence-corrected chi connectivity index (χ2v) is 3.92. The molecule has 0 radical (unpaired) electrons. The van der Waals surface area contributed by atoms with Gasteiger partial charge in [-0.2, -0.15) is 11.8 Å². The van der Waals surface area contributed by atoms with Crippen LogP contribution in [0.3, 0.4) is 0 Å². The smallest absolute Gasteiger partial charge is 0.252 e. The van der Waals surface area contributed by atoms with Crippen molar-refractivity contribution in [2.24, 2.45) is 0 Å². The zero-order chi connectivity index (χ0) is 11.1. The van der Waals surface area contributed by atoms with E-state index in [1.165, 1.54) is 0 Å². The molecule has 0 aromatic carbocycles. The number of carbonyl (C=O) groups excluding carboxylic acids is 1. The van der Waals surface area contributed by atoms with Crippen LogP contribution in [0.15, 0.2) is 18.3 Å². The van der Waals surface area contributed by atoms with E-state index in [2.05, 4.69) is 15.6 Å². The normalized spacial score (nSPS) is 9.73. The zero-order valence-electron chi connectivity index (χ0n) is 8.91. The first-order valence-corrected chi connectivity index (χ1v) is 6.08. The van der Waals surface area contributed by atoms with Gasteiger partial charge in [0.1, 0.15) is 5.82 Å². The van der Waals surface area contributed by atoms with Gasteiger partial charge in [0.2, 0.25) is 0 Å². The number of nitrogens with one attached hydrogen (secondary N) is 2. The number of carbonyl (C=O) groups is 1. The molecular formula is C10H15N3OS. The molecule has 82 valence electrons. The fourth-order valence-corrected chi connectivity index (χ4v) is 1.35. The van der Waals surface area contributed by atoms with Crippen LogP contribution in [-0.2, 0) is 0 Å². The minimum atomic E-state index is -0.0702. The SMILES string of the molecule is CNc1ccc(C(=O)NCCSC)cn1. The van der Waals surface area contributed by atoms with Crippen molar-refractivity contribution >= 4 is 23.5 Å². The van der Waals surface area contributed by atoms with Crippen molar-refractivity contribution in [3.8, 4) is 0 Å². The lowest BCUT2D eigenvalue weighted by molar-refractivity contribution is 0.0956. The molecule has 4 nitrogen and oxygen atoms in total. The van der Waals surface area contributed by atoms with Gasteiger partial charge in [0.25, 0.3) is 5.91 Å². The molecule has 0 fully saturated rings. The quantitative estimate of drug-likeness (QED) is 0.740. The van der Waals surface area contributed by atoms with Crippen molar-refractivity contribution < 1.29 is 4.79 Å². The van der Waals surface area contributed by atoms with Gasteiger partial charge in [-0.05, 0) is 18.4 Å². The Morgan fingerprint density at radius 3 is 2.87 bits per heavy atom. The summed E-state index contributed by atoms with van der Waals surface area (Å²) in [5.41, 5.74) is 0.593. The van der Waals surface area contributed by atoms with Crippen molar-refractivity contribution in [3.63, 3.8) is 0 Å². The Bertz CT molecular complexity index is 313. The number of pyridine rings is 1. The predicted molar refractivity (Wildman–Crippen MR) is 64.5 cm³/mol. The topological polar surface area (TPSA) is 54.0 Å². The van der Waals surface area contributed by atoms with E-state index in [1.807, 2.05) is 6.26 Å². The van der Waals surface area contributed by atoms with E-state index >= 15 is 0 Å². The van der Waals surface area contributed by atoms with Crippen LogP contribution in [0.5, 0.6) is 0 Å². The van der Waals surface area contributed by atoms with Gasteiger partial charge in [-0.3, -0.25) is 4.79 Å². The summed E-state index contributed by atoms with van der Waals surface area (Å²) in [5, 5.41) is 5.72. The second-order valence-electron chi connectivity index (χ2n) is 2.93. The molecule has 0 aliphatic rings. The molecule has 5 heteroatoms. The molecule has 0 saturated carbocycles. The van der Waals surface area contributed by atoms with E-state index in [0.717, 1.165) is 11.6 Å². The Balaban J connectivity index is 2.50. The number of rotatable bonds is 5. The second kappa shape index (κ2) is 6.29. The first-order valence-electron chi connectivity index (χ1n) is 4.69. The molecule has 0 spiro atoms. The first kappa shape index (κ1) is 11.8. The highest BCUT2D eigenvalue weighted by atomic mass is 32.2. The maximum atomic E-state index is 11.5. The van der Waals surface area contributed by atoms with Crippen LogP contribution < -0.4 is 10.6 Å². The van der Waals surface area contributed by atoms with E-state index in [1.54, 1.807) is 37.1 Å². The van der Waals surface area contributed by atoms with Gasteiger partial charge in [0.15, 0.2) is 0 Å². The molecule has 1 aromatic rings. The van der Waals surface area contributed by atoms with Gasteiger partial charge in [-0.25, -0.2) is 4.98 Å². The Morgan fingerprint density at radius 1 is 1.53 bits per heavy atom. The maximum absolute atomic E-state index is 11.5. The Labute approximate surface area is 93.9 Å². The van der Waals surface area contributed by atoms with Gasteiger partial charge in [-0.1, -0.05) is 0 Å². The van der Waals surface area contributed by atoms with Crippen molar-refractivity contribution in [3.05, 3.63) is 23.9 Å². The third kappa shape index (κ3) is 3.79. The minimum absolute atomic E-state index is 0.0702. The highest BCUT2D eigenvalue weighted by Gasteiger charge is 2.04. The van der Waals surface area contributed by atoms with Crippen molar-refractivity contribution in [2.45, 2.75) is 0 Å². The van der Waals surface area contributed by atoms with Crippen LogP contribution in [0.2, 0.25) is 0 Å². The molecule has 1 aromatic heterocycles. The summed E-state index contributed by atoms with van der Waals surface area (Å²) in [6, 6.07) is 3.54. The van der Waals surface area contributed by atoms with Crippen molar-refractivity contribution in [1.82, 2.24) is 10.3 Å². The van der Waals surface area contributed by atoms with Crippen LogP contribution >= 0.6 is 11.8 Å². The van der Waals surface area contributed by atoms with E-state index < -0.39 is 0 Å². The van der Waals surface area contributed by atoms with Gasteiger partial charge in [-0.15, -0.1) is 0 Å². The Morgan fingerprint density at radius 2 is 2.33 bits per heavy atom. The molecule has 15 heavy (non-hydrogen) atoms. The number of amides is 1. The largest absolute Gasteiger partial charge is 0.373 e. The Kier molecular flexibility index (Phi) is 4.97. The number of nitrogens with zero attached hydrogens (tertiary/aromatic N) is 1. The number of anilines is 1. The maximum Gasteiger partial charge on any atom is 0.252 e. The van der Waals surface area contributed by atoms with Crippen LogP contribution in [0.4, 0.5) is 5.82 Å². The molecule has 0 bridgehead atoms. The lowest BCUT2D eigenvalue weighted by atomic mass is 10.2. The van der Waals surface area contributed by atoms with Gasteiger partial charge >= 0.3 is 0 Å². The summed E-state index contributed by atoms with van der Waals surface area (Å²) in [5.74, 6) is 1.61. The lowest BCUT2D eigenvalue weighted by Crippen LogP contribution is -2.25. The summed E-state index contributed by atoms with van der Waals surface area (Å²) < 4.78 is 0. The summed E-state index contributed by atoms with van der Waals surface area (Å²) in [6.45, 7) is 0.688. The fourth-order valence-electron chi connectivity index (χ4n) is 1.04. The Hall–Kier alpha value is -1.23. The minimum Gasteiger partial charge on any atom is -0.373 e. The molecule has 1 rings (SSSR count). The molecule has 2 N–H and O–H groups in total. The van der Waals surface area contributed by atoms with E-state index in [4.69, 9.17) is 0 Å². The molecule has 0 aliphatic heterocycles. The molecule has 1 heterocycles. The van der Waals surface area contributed by atoms with Gasteiger partial charge in [0, 0.05) is 25.5 Å². The van der Waals surface area contributed by atoms with Crippen LogP contribution in [0.1, 0.15) is 10.4 Å². The fraction of sp³-hybridized carbons (Fsp3) is 0.400. The highest BCUT2D eigenvalue weighted by Crippen LogP contribution is 2.03. The first-order chi connectivity index (χ1) is 7.27. The summed E-state index contributed by atoms with van der Waals surface area (Å²) in [4.78, 5) is 15.6. The summed E-state index contributed by atoms with van der Waals surface area (Å²) in [6.07, 6.45) is 3.58. The number of thioether (sulfide) groups is 1. The third-order valence-corrected chi connectivity index (χ3v) is 2.49. The van der Waals surface area contributed by atoms with Crippen LogP contribution in [0.25, 0.3) is 0 Å². The van der Waals surface area contributed by atoms with Gasteiger partial charge in [0.05, 0.1) is 5.56 Å². The van der Waals surface area contributed by atoms with Crippen LogP contribution in [-0.4, -0.2) is 36.5 Å². The monoisotopic (exact) mass is 225 g/mol. The van der Waals surface area contributed by atoms with E-state index in [9.17, 15) is 4.79 Å². The molecule has 0 saturated heterocycles. The number of hydrogen-bond acceptors (Lipinski definition) is 4. The number of aromatic nitrogens is 1. The molecule has 0 atom stereocenters. The average molecular weight is 225 g/mol. The summed E-state index contributed by atoms with van der Waals surface area (Å²) in [7, 11) is 1.79. The molecule has 0 unspecified atom stereocenters. The van der Waals surface area contributed by atoms with Crippen LogP contribution in [0, 0.1) is 0 Å². The van der Waals surface area contributed by atoms with E-state index in [-0.39, 0.29) is 5.91 Å². The molecular weight excluding hydrogens is 210 g/mol. The third-order valence-electron chi connectivity index (χ3n) is 1.87.